The van der Waals surface area contributed by atoms with Crippen LogP contribution in [0.4, 0.5) is 5.69 Å². The fourth-order valence-corrected chi connectivity index (χ4v) is 9.69. The maximum absolute atomic E-state index is 11.6. The maximum Gasteiger partial charge on any atom is 0.263 e. The lowest BCUT2D eigenvalue weighted by molar-refractivity contribution is -0.667. The highest BCUT2D eigenvalue weighted by molar-refractivity contribution is 8.03. The second kappa shape index (κ2) is 13.0. The molecule has 1 aliphatic rings. The van der Waals surface area contributed by atoms with Crippen LogP contribution in [0.1, 0.15) is 31.2 Å². The number of thioether (sulfide) groups is 1. The van der Waals surface area contributed by atoms with Crippen LogP contribution in [0.2, 0.25) is 0 Å². The first-order valence-electron chi connectivity index (χ1n) is 15.5. The molecule has 9 nitrogen and oxygen atoms in total. The fourth-order valence-electron chi connectivity index (χ4n) is 6.36. The summed E-state index contributed by atoms with van der Waals surface area (Å²) in [5.74, 6) is -0.914. The van der Waals surface area contributed by atoms with Crippen molar-refractivity contribution in [1.29, 1.82) is 0 Å². The van der Waals surface area contributed by atoms with E-state index in [1.54, 1.807) is 29.4 Å². The van der Waals surface area contributed by atoms with Gasteiger partial charge in [0.2, 0.25) is 5.52 Å². The molecular formula is C35H31N2O7S4-. The lowest BCUT2D eigenvalue weighted by Gasteiger charge is -2.23. The molecule has 0 bridgehead atoms. The van der Waals surface area contributed by atoms with Gasteiger partial charge in [-0.1, -0.05) is 72.5 Å². The summed E-state index contributed by atoms with van der Waals surface area (Å²) in [6.45, 7) is 2.74. The highest BCUT2D eigenvalue weighted by atomic mass is 32.2. The zero-order valence-corrected chi connectivity index (χ0v) is 29.2. The molecule has 0 aliphatic carbocycles. The molecule has 4 aromatic carbocycles. The molecule has 0 N–H and O–H groups in total. The van der Waals surface area contributed by atoms with Crippen molar-refractivity contribution in [2.45, 2.75) is 37.6 Å². The molecule has 248 valence electrons. The highest BCUT2D eigenvalue weighted by Gasteiger charge is 2.28. The molecule has 0 fully saturated rings. The van der Waals surface area contributed by atoms with Crippen molar-refractivity contribution in [1.82, 2.24) is 0 Å². The summed E-state index contributed by atoms with van der Waals surface area (Å²) in [7, 11) is -8.74. The number of thiazole rings is 1. The van der Waals surface area contributed by atoms with E-state index < -0.39 is 31.7 Å². The largest absolute Gasteiger partial charge is 0.748 e. The van der Waals surface area contributed by atoms with Crippen molar-refractivity contribution in [3.63, 3.8) is 0 Å². The summed E-state index contributed by atoms with van der Waals surface area (Å²) in [4.78, 5) is 3.17. The minimum Gasteiger partial charge on any atom is -0.748 e. The first-order chi connectivity index (χ1) is 23.0. The van der Waals surface area contributed by atoms with Gasteiger partial charge in [0.1, 0.15) is 10.3 Å². The number of aryl methyl sites for hydroxylation is 1. The van der Waals surface area contributed by atoms with Gasteiger partial charge in [-0.3, -0.25) is 0 Å². The van der Waals surface area contributed by atoms with Crippen LogP contribution in [0, 0.1) is 0 Å². The quantitative estimate of drug-likeness (QED) is 0.0765. The van der Waals surface area contributed by atoms with Gasteiger partial charge in [0, 0.05) is 40.8 Å². The predicted octanol–water partition coefficient (Wildman–Crippen LogP) is 7.36. The number of aromatic nitrogens is 1. The Bertz CT molecular complexity index is 2500. The summed E-state index contributed by atoms with van der Waals surface area (Å²) in [5.41, 5.74) is 3.63. The molecule has 7 rings (SSSR count). The lowest BCUT2D eigenvalue weighted by atomic mass is 10.0. The number of fused-ring (bicyclic) bond motifs is 8. The van der Waals surface area contributed by atoms with Crippen molar-refractivity contribution in [2.24, 2.45) is 0 Å². The molecule has 0 saturated carbocycles. The Hall–Kier alpha value is -3.72. The third-order valence-electron chi connectivity index (χ3n) is 8.51. The van der Waals surface area contributed by atoms with E-state index in [1.807, 2.05) is 30.3 Å². The topological polar surface area (TPSA) is 135 Å². The van der Waals surface area contributed by atoms with Crippen LogP contribution < -0.4 is 9.47 Å². The number of hydrogen-bond donors (Lipinski definition) is 0. The van der Waals surface area contributed by atoms with Crippen LogP contribution in [0.15, 0.2) is 99.0 Å². The van der Waals surface area contributed by atoms with E-state index in [-0.39, 0.29) is 12.8 Å². The molecule has 2 aromatic heterocycles. The number of allylic oxidation sites excluding steroid dienone is 2. The summed E-state index contributed by atoms with van der Waals surface area (Å²) >= 11 is 3.18. The standard InChI is InChI=1S/C35H32N2O7S4/c1-2-23(22-33-37(17-6-20-48(41,42)43)35-28-15-18-44-29(28)12-14-31(35)46-33)21-32-36(16-5-19-47(38,39)40)34-27-10-9-24-7-3-4-8-25(24)26(27)11-13-30(34)45-32/h3-4,7-15,18,21-22H,2,5-6,16-17,19-20H2,1H3,(H-,38,39,40,41,42,43)/p-1. The van der Waals surface area contributed by atoms with Gasteiger partial charge in [-0.05, 0) is 64.9 Å². The minimum atomic E-state index is -4.38. The molecular weight excluding hydrogens is 689 g/mol. The van der Waals surface area contributed by atoms with Crippen LogP contribution in [-0.2, 0) is 26.8 Å². The average molecular weight is 720 g/mol. The minimum absolute atomic E-state index is 0.170. The molecule has 6 aromatic rings. The smallest absolute Gasteiger partial charge is 0.263 e. The van der Waals surface area contributed by atoms with Crippen LogP contribution in [0.5, 0.6) is 0 Å². The van der Waals surface area contributed by atoms with E-state index in [0.717, 1.165) is 68.9 Å². The summed E-state index contributed by atoms with van der Waals surface area (Å²) in [5, 5.41) is 7.13. The Balaban J connectivity index is 1.33. The van der Waals surface area contributed by atoms with Crippen LogP contribution >= 0.6 is 23.1 Å². The van der Waals surface area contributed by atoms with E-state index in [0.29, 0.717) is 19.5 Å². The average Bonchev–Trinajstić information content (AvgIpc) is 3.75. The van der Waals surface area contributed by atoms with Crippen LogP contribution in [0.25, 0.3) is 48.8 Å². The van der Waals surface area contributed by atoms with Crippen molar-refractivity contribution in [3.05, 3.63) is 94.7 Å². The number of hydrogen-bond acceptors (Lipinski definition) is 10. The van der Waals surface area contributed by atoms with Gasteiger partial charge in [0.05, 0.1) is 42.6 Å². The van der Waals surface area contributed by atoms with Crippen molar-refractivity contribution in [2.75, 3.05) is 23.0 Å². The van der Waals surface area contributed by atoms with Crippen molar-refractivity contribution in [3.8, 4) is 0 Å². The second-order valence-electron chi connectivity index (χ2n) is 11.7. The van der Waals surface area contributed by atoms with Gasteiger partial charge in [-0.25, -0.2) is 16.8 Å². The number of anilines is 1. The molecule has 0 amide bonds. The Kier molecular flexibility index (Phi) is 8.85. The van der Waals surface area contributed by atoms with Gasteiger partial charge in [0.15, 0.2) is 6.54 Å². The van der Waals surface area contributed by atoms with Gasteiger partial charge >= 0.3 is 0 Å². The highest BCUT2D eigenvalue weighted by Crippen LogP contribution is 2.51. The van der Waals surface area contributed by atoms with Crippen LogP contribution in [0.3, 0.4) is 0 Å². The van der Waals surface area contributed by atoms with Crippen LogP contribution in [-0.4, -0.2) is 44.0 Å². The first-order valence-corrected chi connectivity index (χ1v) is 20.3. The first kappa shape index (κ1) is 32.8. The number of rotatable bonds is 11. The van der Waals surface area contributed by atoms with E-state index >= 15 is 0 Å². The van der Waals surface area contributed by atoms with E-state index in [4.69, 9.17) is 4.42 Å². The monoisotopic (exact) mass is 719 g/mol. The summed E-state index contributed by atoms with van der Waals surface area (Å²) in [6.07, 6.45) is 6.85. The predicted molar refractivity (Wildman–Crippen MR) is 191 cm³/mol. The summed E-state index contributed by atoms with van der Waals surface area (Å²) in [6, 6.07) is 22.4. The second-order valence-corrected chi connectivity index (χ2v) is 16.8. The third-order valence-corrected chi connectivity index (χ3v) is 12.3. The van der Waals surface area contributed by atoms with Crippen molar-refractivity contribution < 1.29 is 34.9 Å². The number of benzene rings is 4. The Labute approximate surface area is 286 Å². The molecule has 0 unspecified atom stereocenters. The maximum atomic E-state index is 11.6. The Morgan fingerprint density at radius 2 is 1.65 bits per heavy atom. The molecule has 0 atom stereocenters. The third kappa shape index (κ3) is 6.63. The fraction of sp³-hybridized carbons (Fsp3) is 0.229. The molecule has 0 saturated heterocycles. The molecule has 13 heteroatoms. The normalized spacial score (nSPS) is 15.1. The lowest BCUT2D eigenvalue weighted by Crippen LogP contribution is -2.36. The Morgan fingerprint density at radius 3 is 2.44 bits per heavy atom. The van der Waals surface area contributed by atoms with Gasteiger partial charge in [0.25, 0.3) is 5.01 Å². The molecule has 1 aliphatic heterocycles. The number of nitrogens with zero attached hydrogens (tertiary/aromatic N) is 2. The van der Waals surface area contributed by atoms with Gasteiger partial charge in [-0.15, -0.1) is 0 Å². The van der Waals surface area contributed by atoms with E-state index in [9.17, 15) is 25.9 Å². The van der Waals surface area contributed by atoms with Gasteiger partial charge < -0.3 is 18.4 Å². The SMILES string of the molecule is CCC(/C=C1\Sc2ccc3c(ccc4ccccc43)c2N1CCCS(=O)(=O)[O-])=C\c1sc2ccc3occc3c2[n+]1CCCS(=O)(=O)[O-]. The molecule has 0 radical (unpaired) electrons. The molecule has 3 heterocycles. The molecule has 0 spiro atoms. The summed E-state index contributed by atoms with van der Waals surface area (Å²) < 4.78 is 77.7. The Morgan fingerprint density at radius 1 is 0.875 bits per heavy atom. The molecule has 48 heavy (non-hydrogen) atoms. The van der Waals surface area contributed by atoms with E-state index in [1.165, 1.54) is 0 Å². The zero-order valence-electron chi connectivity index (χ0n) is 25.9. The zero-order chi connectivity index (χ0) is 33.6. The van der Waals surface area contributed by atoms with Gasteiger partial charge in [-0.2, -0.15) is 4.57 Å². The van der Waals surface area contributed by atoms with Crippen molar-refractivity contribution >= 4 is 97.8 Å². The number of furan rings is 1. The van der Waals surface area contributed by atoms with E-state index in [2.05, 4.69) is 64.9 Å².